The lowest BCUT2D eigenvalue weighted by Crippen LogP contribution is -2.33. The topological polar surface area (TPSA) is 21.1 Å². The van der Waals surface area contributed by atoms with Gasteiger partial charge in [0.05, 0.1) is 12.2 Å². The highest BCUT2D eigenvalue weighted by Gasteiger charge is 2.18. The molecule has 1 aliphatic heterocycles. The molecule has 0 N–H and O–H groups in total. The van der Waals surface area contributed by atoms with Gasteiger partial charge in [-0.1, -0.05) is 6.92 Å². The Morgan fingerprint density at radius 1 is 1.31 bits per heavy atom. The van der Waals surface area contributed by atoms with Crippen LogP contribution in [0.3, 0.4) is 0 Å². The van der Waals surface area contributed by atoms with E-state index in [1.807, 2.05) is 0 Å². The SMILES string of the molecule is CCN1CCn2c(nc(C)c2C)C1. The summed E-state index contributed by atoms with van der Waals surface area (Å²) in [7, 11) is 0. The second-order valence-corrected chi connectivity index (χ2v) is 3.72. The summed E-state index contributed by atoms with van der Waals surface area (Å²) < 4.78 is 2.35. The summed E-state index contributed by atoms with van der Waals surface area (Å²) in [6.07, 6.45) is 0. The Labute approximate surface area is 79.4 Å². The van der Waals surface area contributed by atoms with E-state index in [1.165, 1.54) is 23.8 Å². The molecule has 3 nitrogen and oxygen atoms in total. The predicted molar refractivity (Wildman–Crippen MR) is 52.7 cm³/mol. The standard InChI is InChI=1S/C10H17N3/c1-4-12-5-6-13-9(3)8(2)11-10(13)7-12/h4-7H2,1-3H3. The van der Waals surface area contributed by atoms with Crippen molar-refractivity contribution in [1.82, 2.24) is 14.5 Å². The van der Waals surface area contributed by atoms with E-state index in [-0.39, 0.29) is 0 Å². The van der Waals surface area contributed by atoms with Gasteiger partial charge in [0.1, 0.15) is 5.82 Å². The van der Waals surface area contributed by atoms with E-state index < -0.39 is 0 Å². The first-order valence-corrected chi connectivity index (χ1v) is 4.97. The Morgan fingerprint density at radius 2 is 2.08 bits per heavy atom. The molecule has 2 heterocycles. The Bertz CT molecular complexity index is 314. The first kappa shape index (κ1) is 8.75. The molecule has 1 aromatic rings. The van der Waals surface area contributed by atoms with E-state index in [9.17, 15) is 0 Å². The number of hydrogen-bond acceptors (Lipinski definition) is 2. The van der Waals surface area contributed by atoms with E-state index in [0.29, 0.717) is 0 Å². The van der Waals surface area contributed by atoms with Crippen LogP contribution in [-0.4, -0.2) is 27.5 Å². The minimum Gasteiger partial charge on any atom is -0.330 e. The first-order chi connectivity index (χ1) is 6.22. The molecule has 0 bridgehead atoms. The lowest BCUT2D eigenvalue weighted by molar-refractivity contribution is 0.227. The van der Waals surface area contributed by atoms with E-state index in [1.54, 1.807) is 0 Å². The Hall–Kier alpha value is -0.830. The second-order valence-electron chi connectivity index (χ2n) is 3.72. The molecule has 3 heteroatoms. The van der Waals surface area contributed by atoms with Gasteiger partial charge in [0.15, 0.2) is 0 Å². The zero-order valence-corrected chi connectivity index (χ0v) is 8.67. The quantitative estimate of drug-likeness (QED) is 0.648. The molecular weight excluding hydrogens is 162 g/mol. The van der Waals surface area contributed by atoms with Gasteiger partial charge in [-0.15, -0.1) is 0 Å². The van der Waals surface area contributed by atoms with Crippen molar-refractivity contribution in [2.45, 2.75) is 33.9 Å². The lowest BCUT2D eigenvalue weighted by atomic mass is 10.3. The van der Waals surface area contributed by atoms with Crippen molar-refractivity contribution in [2.24, 2.45) is 0 Å². The summed E-state index contributed by atoms with van der Waals surface area (Å²) in [6, 6.07) is 0. The van der Waals surface area contributed by atoms with E-state index in [0.717, 1.165) is 19.6 Å². The van der Waals surface area contributed by atoms with Crippen LogP contribution in [0.4, 0.5) is 0 Å². The summed E-state index contributed by atoms with van der Waals surface area (Å²) >= 11 is 0. The third-order valence-corrected chi connectivity index (χ3v) is 2.99. The van der Waals surface area contributed by atoms with Gasteiger partial charge in [0.2, 0.25) is 0 Å². The Morgan fingerprint density at radius 3 is 2.77 bits per heavy atom. The molecule has 1 aromatic heterocycles. The number of imidazole rings is 1. The van der Waals surface area contributed by atoms with Crippen LogP contribution in [0, 0.1) is 13.8 Å². The zero-order valence-electron chi connectivity index (χ0n) is 8.67. The average molecular weight is 179 g/mol. The lowest BCUT2D eigenvalue weighted by Gasteiger charge is -2.26. The number of likely N-dealkylation sites (N-methyl/N-ethyl adjacent to an activating group) is 1. The van der Waals surface area contributed by atoms with Gasteiger partial charge in [-0.25, -0.2) is 4.98 Å². The molecule has 0 atom stereocenters. The van der Waals surface area contributed by atoms with Crippen LogP contribution >= 0.6 is 0 Å². The third kappa shape index (κ3) is 1.37. The molecule has 0 unspecified atom stereocenters. The van der Waals surface area contributed by atoms with Gasteiger partial charge in [0.25, 0.3) is 0 Å². The maximum absolute atomic E-state index is 4.57. The largest absolute Gasteiger partial charge is 0.330 e. The molecule has 0 aromatic carbocycles. The molecule has 0 saturated carbocycles. The fourth-order valence-corrected chi connectivity index (χ4v) is 1.93. The molecule has 0 spiro atoms. The minimum absolute atomic E-state index is 1.02. The molecule has 0 saturated heterocycles. The fourth-order valence-electron chi connectivity index (χ4n) is 1.93. The van der Waals surface area contributed by atoms with E-state index in [4.69, 9.17) is 0 Å². The average Bonchev–Trinajstić information content (AvgIpc) is 2.42. The van der Waals surface area contributed by atoms with Gasteiger partial charge in [-0.3, -0.25) is 4.90 Å². The van der Waals surface area contributed by atoms with Crippen molar-refractivity contribution in [3.8, 4) is 0 Å². The molecular formula is C10H17N3. The van der Waals surface area contributed by atoms with Gasteiger partial charge < -0.3 is 4.57 Å². The second kappa shape index (κ2) is 3.14. The van der Waals surface area contributed by atoms with Crippen molar-refractivity contribution in [1.29, 1.82) is 0 Å². The van der Waals surface area contributed by atoms with Crippen LogP contribution in [0.15, 0.2) is 0 Å². The van der Waals surface area contributed by atoms with Gasteiger partial charge in [-0.2, -0.15) is 0 Å². The molecule has 13 heavy (non-hydrogen) atoms. The third-order valence-electron chi connectivity index (χ3n) is 2.99. The normalized spacial score (nSPS) is 17.5. The van der Waals surface area contributed by atoms with Crippen molar-refractivity contribution in [3.63, 3.8) is 0 Å². The smallest absolute Gasteiger partial charge is 0.123 e. The van der Waals surface area contributed by atoms with E-state index >= 15 is 0 Å². The number of rotatable bonds is 1. The monoisotopic (exact) mass is 179 g/mol. The van der Waals surface area contributed by atoms with Crippen LogP contribution in [0.1, 0.15) is 24.1 Å². The maximum atomic E-state index is 4.57. The van der Waals surface area contributed by atoms with Crippen molar-refractivity contribution >= 4 is 0 Å². The predicted octanol–water partition coefficient (Wildman–Crippen LogP) is 1.34. The highest BCUT2D eigenvalue weighted by molar-refractivity contribution is 5.15. The van der Waals surface area contributed by atoms with Crippen LogP contribution in [0.5, 0.6) is 0 Å². The molecule has 0 radical (unpaired) electrons. The summed E-state index contributed by atoms with van der Waals surface area (Å²) in [4.78, 5) is 7.00. The molecule has 1 aliphatic rings. The Kier molecular flexibility index (Phi) is 2.12. The minimum atomic E-state index is 1.02. The van der Waals surface area contributed by atoms with Crippen molar-refractivity contribution in [2.75, 3.05) is 13.1 Å². The fraction of sp³-hybridized carbons (Fsp3) is 0.700. The van der Waals surface area contributed by atoms with Crippen molar-refractivity contribution in [3.05, 3.63) is 17.2 Å². The number of fused-ring (bicyclic) bond motifs is 1. The number of aromatic nitrogens is 2. The van der Waals surface area contributed by atoms with Crippen LogP contribution < -0.4 is 0 Å². The summed E-state index contributed by atoms with van der Waals surface area (Å²) in [5, 5.41) is 0. The first-order valence-electron chi connectivity index (χ1n) is 4.97. The van der Waals surface area contributed by atoms with Crippen LogP contribution in [-0.2, 0) is 13.1 Å². The molecule has 0 fully saturated rings. The number of hydrogen-bond donors (Lipinski definition) is 0. The zero-order chi connectivity index (χ0) is 9.42. The van der Waals surface area contributed by atoms with Gasteiger partial charge in [-0.05, 0) is 20.4 Å². The van der Waals surface area contributed by atoms with Crippen molar-refractivity contribution < 1.29 is 0 Å². The van der Waals surface area contributed by atoms with Crippen LogP contribution in [0.2, 0.25) is 0 Å². The summed E-state index contributed by atoms with van der Waals surface area (Å²) in [5.41, 5.74) is 2.53. The van der Waals surface area contributed by atoms with Crippen LogP contribution in [0.25, 0.3) is 0 Å². The number of nitrogens with zero attached hydrogens (tertiary/aromatic N) is 3. The highest BCUT2D eigenvalue weighted by Crippen LogP contribution is 2.16. The molecule has 0 amide bonds. The summed E-state index contributed by atoms with van der Waals surface area (Å²) in [5.74, 6) is 1.24. The van der Waals surface area contributed by atoms with Gasteiger partial charge >= 0.3 is 0 Å². The summed E-state index contributed by atoms with van der Waals surface area (Å²) in [6.45, 7) is 10.9. The van der Waals surface area contributed by atoms with Gasteiger partial charge in [0, 0.05) is 18.8 Å². The van der Waals surface area contributed by atoms with E-state index in [2.05, 4.69) is 35.2 Å². The maximum Gasteiger partial charge on any atom is 0.123 e. The highest BCUT2D eigenvalue weighted by atomic mass is 15.2. The molecule has 72 valence electrons. The number of aryl methyl sites for hydroxylation is 1. The molecule has 2 rings (SSSR count). The Balaban J connectivity index is 2.31. The molecule has 0 aliphatic carbocycles.